The normalized spacial score (nSPS) is 10.3. The van der Waals surface area contributed by atoms with Crippen molar-refractivity contribution >= 4 is 11.9 Å². The van der Waals surface area contributed by atoms with Gasteiger partial charge < -0.3 is 10.2 Å². The third kappa shape index (κ3) is 3.03. The van der Waals surface area contributed by atoms with E-state index in [1.807, 2.05) is 54.6 Å². The minimum absolute atomic E-state index is 0.0484. The average molecular weight is 318 g/mol. The van der Waals surface area contributed by atoms with Crippen LogP contribution in [0, 0.1) is 0 Å². The Bertz CT molecular complexity index is 882. The maximum absolute atomic E-state index is 11.3. The third-order valence-electron chi connectivity index (χ3n) is 3.75. The van der Waals surface area contributed by atoms with Crippen molar-refractivity contribution in [3.63, 3.8) is 0 Å². The lowest BCUT2D eigenvalue weighted by molar-refractivity contribution is 0.0696. The van der Waals surface area contributed by atoms with Gasteiger partial charge in [0.15, 0.2) is 0 Å². The lowest BCUT2D eigenvalue weighted by Crippen LogP contribution is -2.03. The molecule has 24 heavy (non-hydrogen) atoms. The summed E-state index contributed by atoms with van der Waals surface area (Å²) in [7, 11) is 0. The van der Waals surface area contributed by atoms with Crippen molar-refractivity contribution in [2.75, 3.05) is 0 Å². The SMILES string of the molecule is O=C(O)c1cc(C(=O)O)cc(-c2ccccc2-c2ccccc2)c1. The molecule has 0 aromatic heterocycles. The molecule has 3 aromatic carbocycles. The second kappa shape index (κ2) is 6.38. The van der Waals surface area contributed by atoms with Crippen molar-refractivity contribution in [3.05, 3.63) is 83.9 Å². The maximum atomic E-state index is 11.3. The van der Waals surface area contributed by atoms with Crippen LogP contribution in [0.3, 0.4) is 0 Å². The van der Waals surface area contributed by atoms with Crippen LogP contribution in [0.15, 0.2) is 72.8 Å². The Morgan fingerprint density at radius 2 is 1.04 bits per heavy atom. The van der Waals surface area contributed by atoms with Crippen molar-refractivity contribution in [2.24, 2.45) is 0 Å². The molecular formula is C20H14O4. The van der Waals surface area contributed by atoms with Crippen LogP contribution in [0.1, 0.15) is 20.7 Å². The standard InChI is InChI=1S/C20H14O4/c21-19(22)15-10-14(11-16(12-15)20(23)24)18-9-5-4-8-17(18)13-6-2-1-3-7-13/h1-12H,(H,21,22)(H,23,24). The highest BCUT2D eigenvalue weighted by Crippen LogP contribution is 2.33. The molecule has 0 aliphatic heterocycles. The third-order valence-corrected chi connectivity index (χ3v) is 3.75. The van der Waals surface area contributed by atoms with Gasteiger partial charge in [0.25, 0.3) is 0 Å². The highest BCUT2D eigenvalue weighted by Gasteiger charge is 2.14. The number of carbonyl (C=O) groups is 2. The van der Waals surface area contributed by atoms with Crippen LogP contribution in [-0.2, 0) is 0 Å². The first-order chi connectivity index (χ1) is 11.6. The fourth-order valence-electron chi connectivity index (χ4n) is 2.63. The van der Waals surface area contributed by atoms with Gasteiger partial charge in [-0.05, 0) is 40.5 Å². The molecule has 3 aromatic rings. The zero-order valence-corrected chi connectivity index (χ0v) is 12.6. The minimum Gasteiger partial charge on any atom is -0.478 e. The first-order valence-corrected chi connectivity index (χ1v) is 7.33. The van der Waals surface area contributed by atoms with Crippen LogP contribution in [-0.4, -0.2) is 22.2 Å². The monoisotopic (exact) mass is 318 g/mol. The van der Waals surface area contributed by atoms with Crippen molar-refractivity contribution in [1.29, 1.82) is 0 Å². The van der Waals surface area contributed by atoms with E-state index in [-0.39, 0.29) is 11.1 Å². The van der Waals surface area contributed by atoms with Crippen LogP contribution in [0.2, 0.25) is 0 Å². The smallest absolute Gasteiger partial charge is 0.335 e. The van der Waals surface area contributed by atoms with Gasteiger partial charge in [-0.2, -0.15) is 0 Å². The Morgan fingerprint density at radius 1 is 0.583 bits per heavy atom. The van der Waals surface area contributed by atoms with Crippen LogP contribution >= 0.6 is 0 Å². The number of hydrogen-bond acceptors (Lipinski definition) is 2. The molecule has 4 nitrogen and oxygen atoms in total. The van der Waals surface area contributed by atoms with Crippen LogP contribution in [0.25, 0.3) is 22.3 Å². The predicted octanol–water partition coefficient (Wildman–Crippen LogP) is 4.42. The molecule has 0 aliphatic rings. The molecular weight excluding hydrogens is 304 g/mol. The summed E-state index contributed by atoms with van der Waals surface area (Å²) in [5.74, 6) is -2.31. The molecule has 2 N–H and O–H groups in total. The molecule has 118 valence electrons. The lowest BCUT2D eigenvalue weighted by atomic mass is 9.92. The Labute approximate surface area is 138 Å². The van der Waals surface area contributed by atoms with Crippen molar-refractivity contribution in [2.45, 2.75) is 0 Å². The summed E-state index contributed by atoms with van der Waals surface area (Å²) >= 11 is 0. The number of carboxylic acids is 2. The van der Waals surface area contributed by atoms with Crippen LogP contribution < -0.4 is 0 Å². The summed E-state index contributed by atoms with van der Waals surface area (Å²) in [6, 6.07) is 21.3. The molecule has 0 spiro atoms. The van der Waals surface area contributed by atoms with Gasteiger partial charge in [0.1, 0.15) is 0 Å². The van der Waals surface area contributed by atoms with Crippen LogP contribution in [0.5, 0.6) is 0 Å². The van der Waals surface area contributed by atoms with E-state index in [0.29, 0.717) is 5.56 Å². The van der Waals surface area contributed by atoms with Crippen LogP contribution in [0.4, 0.5) is 0 Å². The van der Waals surface area contributed by atoms with E-state index < -0.39 is 11.9 Å². The highest BCUT2D eigenvalue weighted by atomic mass is 16.4. The molecule has 0 fully saturated rings. The molecule has 0 bridgehead atoms. The summed E-state index contributed by atoms with van der Waals surface area (Å²) < 4.78 is 0. The number of aromatic carboxylic acids is 2. The Morgan fingerprint density at radius 3 is 1.54 bits per heavy atom. The Balaban J connectivity index is 2.23. The fraction of sp³-hybridized carbons (Fsp3) is 0. The van der Waals surface area contributed by atoms with Gasteiger partial charge in [-0.15, -0.1) is 0 Å². The van der Waals surface area contributed by atoms with Gasteiger partial charge in [0.05, 0.1) is 11.1 Å². The zero-order chi connectivity index (χ0) is 17.1. The minimum atomic E-state index is -1.16. The van der Waals surface area contributed by atoms with E-state index in [9.17, 15) is 19.8 Å². The first-order valence-electron chi connectivity index (χ1n) is 7.33. The van der Waals surface area contributed by atoms with Gasteiger partial charge in [-0.1, -0.05) is 54.6 Å². The summed E-state index contributed by atoms with van der Waals surface area (Å²) in [5.41, 5.74) is 3.14. The topological polar surface area (TPSA) is 74.6 Å². The number of benzene rings is 3. The molecule has 0 aliphatic carbocycles. The number of hydrogen-bond donors (Lipinski definition) is 2. The second-order valence-corrected chi connectivity index (χ2v) is 5.32. The largest absolute Gasteiger partial charge is 0.478 e. The summed E-state index contributed by atoms with van der Waals surface area (Å²) in [5, 5.41) is 18.5. The molecule has 0 atom stereocenters. The highest BCUT2D eigenvalue weighted by molar-refractivity contribution is 5.97. The molecule has 0 saturated heterocycles. The van der Waals surface area contributed by atoms with E-state index in [0.717, 1.165) is 16.7 Å². The zero-order valence-electron chi connectivity index (χ0n) is 12.6. The summed E-state index contributed by atoms with van der Waals surface area (Å²) in [4.78, 5) is 22.6. The number of rotatable bonds is 4. The molecule has 0 saturated carbocycles. The van der Waals surface area contributed by atoms with Gasteiger partial charge >= 0.3 is 11.9 Å². The second-order valence-electron chi connectivity index (χ2n) is 5.32. The van der Waals surface area contributed by atoms with E-state index in [2.05, 4.69) is 0 Å². The summed E-state index contributed by atoms with van der Waals surface area (Å²) in [6.45, 7) is 0. The van der Waals surface area contributed by atoms with Crippen molar-refractivity contribution < 1.29 is 19.8 Å². The van der Waals surface area contributed by atoms with Gasteiger partial charge in [0, 0.05) is 0 Å². The van der Waals surface area contributed by atoms with E-state index in [1.165, 1.54) is 18.2 Å². The molecule has 0 radical (unpaired) electrons. The average Bonchev–Trinajstić information content (AvgIpc) is 2.62. The molecule has 0 unspecified atom stereocenters. The van der Waals surface area contributed by atoms with Gasteiger partial charge in [0.2, 0.25) is 0 Å². The fourth-order valence-corrected chi connectivity index (χ4v) is 2.63. The maximum Gasteiger partial charge on any atom is 0.335 e. The van der Waals surface area contributed by atoms with Crippen molar-refractivity contribution in [1.82, 2.24) is 0 Å². The van der Waals surface area contributed by atoms with Gasteiger partial charge in [-0.3, -0.25) is 0 Å². The predicted molar refractivity (Wildman–Crippen MR) is 91.2 cm³/mol. The molecule has 0 amide bonds. The van der Waals surface area contributed by atoms with Crippen molar-refractivity contribution in [3.8, 4) is 22.3 Å². The van der Waals surface area contributed by atoms with E-state index in [4.69, 9.17) is 0 Å². The number of carboxylic acid groups (broad SMARTS) is 2. The molecule has 3 rings (SSSR count). The molecule has 4 heteroatoms. The first kappa shape index (κ1) is 15.5. The molecule has 0 heterocycles. The quantitative estimate of drug-likeness (QED) is 0.747. The Hall–Kier alpha value is -3.40. The van der Waals surface area contributed by atoms with E-state index in [1.54, 1.807) is 0 Å². The van der Waals surface area contributed by atoms with E-state index >= 15 is 0 Å². The lowest BCUT2D eigenvalue weighted by Gasteiger charge is -2.12. The van der Waals surface area contributed by atoms with Gasteiger partial charge in [-0.25, -0.2) is 9.59 Å². The summed E-state index contributed by atoms with van der Waals surface area (Å²) in [6.07, 6.45) is 0. The Kier molecular flexibility index (Phi) is 4.12.